The van der Waals surface area contributed by atoms with Crippen LogP contribution in [-0.2, 0) is 9.53 Å². The van der Waals surface area contributed by atoms with E-state index in [9.17, 15) is 4.79 Å². The van der Waals surface area contributed by atoms with Crippen LogP contribution in [0.1, 0.15) is 19.4 Å². The number of rotatable bonds is 7. The minimum atomic E-state index is -0.397. The second kappa shape index (κ2) is 7.66. The van der Waals surface area contributed by atoms with Crippen LogP contribution in [0, 0.1) is 6.92 Å². The molecular formula is C13H21N3O2. The maximum atomic E-state index is 11.5. The Kier molecular flexibility index (Phi) is 6.14. The Morgan fingerprint density at radius 3 is 2.94 bits per heavy atom. The van der Waals surface area contributed by atoms with Crippen LogP contribution in [0.5, 0.6) is 0 Å². The molecule has 0 aliphatic heterocycles. The van der Waals surface area contributed by atoms with E-state index < -0.39 is 6.10 Å². The minimum Gasteiger partial charge on any atom is -0.369 e. The highest BCUT2D eigenvalue weighted by Crippen LogP contribution is 2.07. The first-order valence-corrected chi connectivity index (χ1v) is 6.20. The first-order valence-electron chi connectivity index (χ1n) is 6.20. The molecule has 1 atom stereocenters. The Hall–Kier alpha value is -1.62. The summed E-state index contributed by atoms with van der Waals surface area (Å²) in [5, 5.41) is 5.98. The lowest BCUT2D eigenvalue weighted by Crippen LogP contribution is -2.37. The van der Waals surface area contributed by atoms with Gasteiger partial charge in [-0.15, -0.1) is 0 Å². The van der Waals surface area contributed by atoms with Gasteiger partial charge in [-0.3, -0.25) is 4.79 Å². The molecule has 100 valence electrons. The highest BCUT2D eigenvalue weighted by Gasteiger charge is 2.10. The molecular weight excluding hydrogens is 230 g/mol. The molecule has 18 heavy (non-hydrogen) atoms. The SMILES string of the molecule is CCOC(C)C(=O)NCCNc1ncccc1C. The van der Waals surface area contributed by atoms with E-state index in [0.717, 1.165) is 11.4 Å². The van der Waals surface area contributed by atoms with Crippen molar-refractivity contribution < 1.29 is 9.53 Å². The van der Waals surface area contributed by atoms with Crippen molar-refractivity contribution in [3.05, 3.63) is 23.9 Å². The van der Waals surface area contributed by atoms with Crippen molar-refractivity contribution in [1.29, 1.82) is 0 Å². The number of aromatic nitrogens is 1. The third kappa shape index (κ3) is 4.71. The lowest BCUT2D eigenvalue weighted by atomic mass is 10.3. The molecule has 0 aliphatic carbocycles. The van der Waals surface area contributed by atoms with Crippen molar-refractivity contribution in [2.75, 3.05) is 25.0 Å². The second-order valence-electron chi connectivity index (χ2n) is 3.98. The molecule has 1 rings (SSSR count). The highest BCUT2D eigenvalue weighted by molar-refractivity contribution is 5.80. The highest BCUT2D eigenvalue weighted by atomic mass is 16.5. The molecule has 0 spiro atoms. The summed E-state index contributed by atoms with van der Waals surface area (Å²) in [6, 6.07) is 3.89. The van der Waals surface area contributed by atoms with Gasteiger partial charge in [0.05, 0.1) is 0 Å². The first-order chi connectivity index (χ1) is 8.65. The molecule has 0 fully saturated rings. The molecule has 1 aromatic rings. The van der Waals surface area contributed by atoms with E-state index in [1.165, 1.54) is 0 Å². The number of amides is 1. The van der Waals surface area contributed by atoms with Crippen LogP contribution >= 0.6 is 0 Å². The fraction of sp³-hybridized carbons (Fsp3) is 0.538. The molecule has 2 N–H and O–H groups in total. The molecule has 0 saturated heterocycles. The van der Waals surface area contributed by atoms with E-state index in [1.54, 1.807) is 13.1 Å². The van der Waals surface area contributed by atoms with Gasteiger partial charge in [0, 0.05) is 25.9 Å². The number of hydrogen-bond donors (Lipinski definition) is 2. The zero-order valence-corrected chi connectivity index (χ0v) is 11.2. The van der Waals surface area contributed by atoms with Gasteiger partial charge in [0.1, 0.15) is 11.9 Å². The predicted octanol–water partition coefficient (Wildman–Crippen LogP) is 1.34. The molecule has 0 aromatic carbocycles. The first kappa shape index (κ1) is 14.4. The molecule has 1 unspecified atom stereocenters. The smallest absolute Gasteiger partial charge is 0.248 e. The molecule has 0 radical (unpaired) electrons. The van der Waals surface area contributed by atoms with Gasteiger partial charge in [-0.1, -0.05) is 6.07 Å². The van der Waals surface area contributed by atoms with Crippen LogP contribution in [0.4, 0.5) is 5.82 Å². The predicted molar refractivity (Wildman–Crippen MR) is 71.6 cm³/mol. The van der Waals surface area contributed by atoms with Gasteiger partial charge < -0.3 is 15.4 Å². The lowest BCUT2D eigenvalue weighted by Gasteiger charge is -2.13. The van der Waals surface area contributed by atoms with Crippen LogP contribution in [0.3, 0.4) is 0 Å². The third-order valence-corrected chi connectivity index (χ3v) is 2.51. The van der Waals surface area contributed by atoms with Crippen LogP contribution in [0.15, 0.2) is 18.3 Å². The number of nitrogens with zero attached hydrogens (tertiary/aromatic N) is 1. The number of ether oxygens (including phenoxy) is 1. The zero-order chi connectivity index (χ0) is 13.4. The van der Waals surface area contributed by atoms with Gasteiger partial charge in [0.25, 0.3) is 0 Å². The minimum absolute atomic E-state index is 0.0867. The number of pyridine rings is 1. The average Bonchev–Trinajstić information content (AvgIpc) is 2.36. The van der Waals surface area contributed by atoms with E-state index in [2.05, 4.69) is 15.6 Å². The lowest BCUT2D eigenvalue weighted by molar-refractivity contribution is -0.131. The number of nitrogens with one attached hydrogen (secondary N) is 2. The molecule has 5 heteroatoms. The maximum absolute atomic E-state index is 11.5. The summed E-state index contributed by atoms with van der Waals surface area (Å²) in [4.78, 5) is 15.7. The van der Waals surface area contributed by atoms with Crippen molar-refractivity contribution in [2.45, 2.75) is 26.9 Å². The Morgan fingerprint density at radius 1 is 1.50 bits per heavy atom. The van der Waals surface area contributed by atoms with E-state index in [1.807, 2.05) is 26.0 Å². The van der Waals surface area contributed by atoms with Crippen LogP contribution in [0.2, 0.25) is 0 Å². The van der Waals surface area contributed by atoms with Crippen molar-refractivity contribution >= 4 is 11.7 Å². The van der Waals surface area contributed by atoms with Crippen LogP contribution in [-0.4, -0.2) is 36.7 Å². The fourth-order valence-corrected chi connectivity index (χ4v) is 1.51. The van der Waals surface area contributed by atoms with Crippen molar-refractivity contribution in [3.8, 4) is 0 Å². The van der Waals surface area contributed by atoms with Crippen molar-refractivity contribution in [3.63, 3.8) is 0 Å². The zero-order valence-electron chi connectivity index (χ0n) is 11.2. The van der Waals surface area contributed by atoms with Gasteiger partial charge >= 0.3 is 0 Å². The molecule has 1 aromatic heterocycles. The van der Waals surface area contributed by atoms with E-state index >= 15 is 0 Å². The number of hydrogen-bond acceptors (Lipinski definition) is 4. The number of carbonyl (C=O) groups is 1. The summed E-state index contributed by atoms with van der Waals surface area (Å²) in [6.07, 6.45) is 1.34. The Bertz CT molecular complexity index is 382. The summed E-state index contributed by atoms with van der Waals surface area (Å²) >= 11 is 0. The second-order valence-corrected chi connectivity index (χ2v) is 3.98. The summed E-state index contributed by atoms with van der Waals surface area (Å²) in [7, 11) is 0. The topological polar surface area (TPSA) is 63.2 Å². The Balaban J connectivity index is 2.23. The standard InChI is InChI=1S/C13H21N3O2/c1-4-18-11(3)13(17)16-9-8-15-12-10(2)6-5-7-14-12/h5-7,11H,4,8-9H2,1-3H3,(H,14,15)(H,16,17). The Labute approximate surface area is 108 Å². The van der Waals surface area contributed by atoms with Gasteiger partial charge in [-0.25, -0.2) is 4.98 Å². The average molecular weight is 251 g/mol. The summed E-state index contributed by atoms with van der Waals surface area (Å²) in [5.74, 6) is 0.765. The summed E-state index contributed by atoms with van der Waals surface area (Å²) < 4.78 is 5.19. The van der Waals surface area contributed by atoms with Crippen LogP contribution in [0.25, 0.3) is 0 Å². The normalized spacial score (nSPS) is 11.9. The molecule has 5 nitrogen and oxygen atoms in total. The molecule has 0 bridgehead atoms. The van der Waals surface area contributed by atoms with E-state index in [4.69, 9.17) is 4.74 Å². The third-order valence-electron chi connectivity index (χ3n) is 2.51. The number of carbonyl (C=O) groups excluding carboxylic acids is 1. The van der Waals surface area contributed by atoms with Crippen molar-refractivity contribution in [1.82, 2.24) is 10.3 Å². The maximum Gasteiger partial charge on any atom is 0.248 e. The van der Waals surface area contributed by atoms with Gasteiger partial charge in [0.15, 0.2) is 0 Å². The van der Waals surface area contributed by atoms with E-state index in [-0.39, 0.29) is 5.91 Å². The molecule has 0 aliphatic rings. The summed E-state index contributed by atoms with van der Waals surface area (Å²) in [5.41, 5.74) is 1.09. The molecule has 1 amide bonds. The van der Waals surface area contributed by atoms with Crippen LogP contribution < -0.4 is 10.6 Å². The van der Waals surface area contributed by atoms with Crippen molar-refractivity contribution in [2.24, 2.45) is 0 Å². The quantitative estimate of drug-likeness (QED) is 0.718. The van der Waals surface area contributed by atoms with E-state index in [0.29, 0.717) is 19.7 Å². The van der Waals surface area contributed by atoms with Gasteiger partial charge in [-0.05, 0) is 32.4 Å². The number of anilines is 1. The Morgan fingerprint density at radius 2 is 2.28 bits per heavy atom. The monoisotopic (exact) mass is 251 g/mol. The van der Waals surface area contributed by atoms with Gasteiger partial charge in [-0.2, -0.15) is 0 Å². The number of aryl methyl sites for hydroxylation is 1. The summed E-state index contributed by atoms with van der Waals surface area (Å²) in [6.45, 7) is 7.34. The largest absolute Gasteiger partial charge is 0.369 e. The fourth-order valence-electron chi connectivity index (χ4n) is 1.51. The molecule has 0 saturated carbocycles. The molecule has 1 heterocycles. The van der Waals surface area contributed by atoms with Gasteiger partial charge in [0.2, 0.25) is 5.91 Å².